The molecule has 0 aromatic heterocycles. The van der Waals surface area contributed by atoms with E-state index in [-0.39, 0.29) is 5.75 Å². The molecular weight excluding hydrogens is 295 g/mol. The molecule has 0 aliphatic heterocycles. The third-order valence-electron chi connectivity index (χ3n) is 3.68. The maximum absolute atomic E-state index is 13.3. The van der Waals surface area contributed by atoms with Crippen molar-refractivity contribution in [2.45, 2.75) is 46.3 Å². The molecule has 0 radical (unpaired) electrons. The van der Waals surface area contributed by atoms with Crippen LogP contribution in [0.15, 0.2) is 23.2 Å². The maximum atomic E-state index is 13.3. The van der Waals surface area contributed by atoms with Crippen LogP contribution in [0.2, 0.25) is 0 Å². The summed E-state index contributed by atoms with van der Waals surface area (Å²) in [5.74, 6) is -0.276. The summed E-state index contributed by atoms with van der Waals surface area (Å²) in [5.41, 5.74) is 0.745. The zero-order valence-electron chi connectivity index (χ0n) is 14.7. The van der Waals surface area contributed by atoms with Crippen molar-refractivity contribution >= 4 is 5.96 Å². The van der Waals surface area contributed by atoms with E-state index in [4.69, 9.17) is 0 Å². The third-order valence-corrected chi connectivity index (χ3v) is 3.68. The van der Waals surface area contributed by atoms with E-state index < -0.39 is 5.82 Å². The molecule has 0 aliphatic rings. The van der Waals surface area contributed by atoms with Gasteiger partial charge in [-0.25, -0.2) is 4.39 Å². The van der Waals surface area contributed by atoms with Gasteiger partial charge in [-0.05, 0) is 45.4 Å². The number of aliphatic imine (C=N–C) groups is 1. The van der Waals surface area contributed by atoms with Crippen molar-refractivity contribution in [1.82, 2.24) is 15.5 Å². The third kappa shape index (κ3) is 6.44. The minimum absolute atomic E-state index is 0.335. The number of halogens is 1. The van der Waals surface area contributed by atoms with Gasteiger partial charge in [0.2, 0.25) is 0 Å². The van der Waals surface area contributed by atoms with Gasteiger partial charge in [-0.3, -0.25) is 9.89 Å². The number of nitrogens with zero attached hydrogens (tertiary/aromatic N) is 2. The molecule has 3 N–H and O–H groups in total. The Hall–Kier alpha value is -1.82. The first-order valence-corrected chi connectivity index (χ1v) is 8.02. The summed E-state index contributed by atoms with van der Waals surface area (Å²) < 4.78 is 13.3. The molecule has 0 saturated carbocycles. The highest BCUT2D eigenvalue weighted by atomic mass is 19.1. The fourth-order valence-electron chi connectivity index (χ4n) is 2.48. The lowest BCUT2D eigenvalue weighted by molar-refractivity contribution is 0.178. The Labute approximate surface area is 138 Å². The number of hydrogen-bond acceptors (Lipinski definition) is 3. The second kappa shape index (κ2) is 9.35. The SMILES string of the molecule is CN=C(NCCN(C(C)C)C(C)C)NCc1ccc(O)c(F)c1. The van der Waals surface area contributed by atoms with Gasteiger partial charge < -0.3 is 15.7 Å². The van der Waals surface area contributed by atoms with Crippen LogP contribution in [0.1, 0.15) is 33.3 Å². The molecule has 0 amide bonds. The highest BCUT2D eigenvalue weighted by Crippen LogP contribution is 2.15. The number of rotatable bonds is 7. The van der Waals surface area contributed by atoms with Gasteiger partial charge in [0, 0.05) is 38.8 Å². The van der Waals surface area contributed by atoms with Gasteiger partial charge in [0.15, 0.2) is 17.5 Å². The fourth-order valence-corrected chi connectivity index (χ4v) is 2.48. The van der Waals surface area contributed by atoms with Crippen molar-refractivity contribution in [3.63, 3.8) is 0 Å². The van der Waals surface area contributed by atoms with Crippen LogP contribution in [0.5, 0.6) is 5.75 Å². The Morgan fingerprint density at radius 2 is 1.87 bits per heavy atom. The van der Waals surface area contributed by atoms with Crippen molar-refractivity contribution in [3.05, 3.63) is 29.6 Å². The molecular formula is C17H29FN4O. The summed E-state index contributed by atoms with van der Waals surface area (Å²) in [6.07, 6.45) is 0. The van der Waals surface area contributed by atoms with E-state index in [1.54, 1.807) is 13.1 Å². The molecule has 0 saturated heterocycles. The van der Waals surface area contributed by atoms with Gasteiger partial charge in [-0.1, -0.05) is 6.07 Å². The first-order valence-electron chi connectivity index (χ1n) is 8.02. The average Bonchev–Trinajstić information content (AvgIpc) is 2.49. The van der Waals surface area contributed by atoms with Gasteiger partial charge >= 0.3 is 0 Å². The van der Waals surface area contributed by atoms with Crippen molar-refractivity contribution in [2.75, 3.05) is 20.1 Å². The minimum atomic E-state index is -0.614. The van der Waals surface area contributed by atoms with Crippen molar-refractivity contribution in [1.29, 1.82) is 0 Å². The predicted octanol–water partition coefficient (Wildman–Crippen LogP) is 2.32. The van der Waals surface area contributed by atoms with Crippen LogP contribution in [0.4, 0.5) is 4.39 Å². The topological polar surface area (TPSA) is 59.9 Å². The number of guanidine groups is 1. The monoisotopic (exact) mass is 324 g/mol. The first-order chi connectivity index (χ1) is 10.8. The smallest absolute Gasteiger partial charge is 0.191 e. The summed E-state index contributed by atoms with van der Waals surface area (Å²) in [4.78, 5) is 6.56. The van der Waals surface area contributed by atoms with Gasteiger partial charge in [-0.15, -0.1) is 0 Å². The second-order valence-electron chi connectivity index (χ2n) is 6.06. The molecule has 6 heteroatoms. The Morgan fingerprint density at radius 3 is 2.39 bits per heavy atom. The minimum Gasteiger partial charge on any atom is -0.505 e. The Bertz CT molecular complexity index is 509. The predicted molar refractivity (Wildman–Crippen MR) is 93.2 cm³/mol. The highest BCUT2D eigenvalue weighted by Gasteiger charge is 2.12. The molecule has 0 heterocycles. The van der Waals surface area contributed by atoms with Crippen LogP contribution in [-0.4, -0.2) is 48.2 Å². The van der Waals surface area contributed by atoms with Crippen molar-refractivity contribution < 1.29 is 9.50 Å². The second-order valence-corrected chi connectivity index (χ2v) is 6.06. The molecule has 1 aromatic carbocycles. The van der Waals surface area contributed by atoms with Crippen LogP contribution in [0.3, 0.4) is 0 Å². The number of phenolic OH excluding ortho intramolecular Hbond substituents is 1. The van der Waals surface area contributed by atoms with E-state index >= 15 is 0 Å². The molecule has 0 bridgehead atoms. The number of aromatic hydroxyl groups is 1. The van der Waals surface area contributed by atoms with E-state index in [0.717, 1.165) is 18.7 Å². The Morgan fingerprint density at radius 1 is 1.22 bits per heavy atom. The quantitative estimate of drug-likeness (QED) is 0.532. The molecule has 0 aliphatic carbocycles. The lowest BCUT2D eigenvalue weighted by Gasteiger charge is -2.30. The molecule has 1 rings (SSSR count). The van der Waals surface area contributed by atoms with Gasteiger partial charge in [0.1, 0.15) is 0 Å². The van der Waals surface area contributed by atoms with Crippen LogP contribution >= 0.6 is 0 Å². The van der Waals surface area contributed by atoms with Crippen molar-refractivity contribution in [3.8, 4) is 5.75 Å². The lowest BCUT2D eigenvalue weighted by Crippen LogP contribution is -2.45. The summed E-state index contributed by atoms with van der Waals surface area (Å²) in [6.45, 7) is 10.9. The molecule has 23 heavy (non-hydrogen) atoms. The number of phenols is 1. The van der Waals surface area contributed by atoms with Crippen LogP contribution < -0.4 is 10.6 Å². The maximum Gasteiger partial charge on any atom is 0.191 e. The molecule has 0 fully saturated rings. The van der Waals surface area contributed by atoms with Gasteiger partial charge in [0.25, 0.3) is 0 Å². The Balaban J connectivity index is 2.44. The average molecular weight is 324 g/mol. The van der Waals surface area contributed by atoms with Crippen molar-refractivity contribution in [2.24, 2.45) is 4.99 Å². The summed E-state index contributed by atoms with van der Waals surface area (Å²) >= 11 is 0. The normalized spacial score (nSPS) is 12.3. The zero-order valence-corrected chi connectivity index (χ0v) is 14.7. The standard InChI is InChI=1S/C17H29FN4O/c1-12(2)22(13(3)4)9-8-20-17(19-5)21-11-14-6-7-16(23)15(18)10-14/h6-7,10,12-13,23H,8-9,11H2,1-5H3,(H2,19,20,21). The summed E-state index contributed by atoms with van der Waals surface area (Å²) in [7, 11) is 1.70. The Kier molecular flexibility index (Phi) is 7.81. The van der Waals surface area contributed by atoms with E-state index in [0.29, 0.717) is 24.6 Å². The van der Waals surface area contributed by atoms with E-state index in [1.807, 2.05) is 0 Å². The van der Waals surface area contributed by atoms with Crippen LogP contribution in [0.25, 0.3) is 0 Å². The van der Waals surface area contributed by atoms with Crippen LogP contribution in [0, 0.1) is 5.82 Å². The van der Waals surface area contributed by atoms with E-state index in [9.17, 15) is 9.50 Å². The highest BCUT2D eigenvalue weighted by molar-refractivity contribution is 5.79. The fraction of sp³-hybridized carbons (Fsp3) is 0.588. The molecule has 0 atom stereocenters. The van der Waals surface area contributed by atoms with E-state index in [2.05, 4.69) is 48.2 Å². The molecule has 0 spiro atoms. The van der Waals surface area contributed by atoms with E-state index in [1.165, 1.54) is 12.1 Å². The van der Waals surface area contributed by atoms with Gasteiger partial charge in [0.05, 0.1) is 0 Å². The molecule has 1 aromatic rings. The first kappa shape index (κ1) is 19.2. The lowest BCUT2D eigenvalue weighted by atomic mass is 10.2. The van der Waals surface area contributed by atoms with Crippen LogP contribution in [-0.2, 0) is 6.54 Å². The zero-order chi connectivity index (χ0) is 17.4. The summed E-state index contributed by atoms with van der Waals surface area (Å²) in [5, 5.41) is 15.6. The largest absolute Gasteiger partial charge is 0.505 e. The molecule has 5 nitrogen and oxygen atoms in total. The summed E-state index contributed by atoms with van der Waals surface area (Å²) in [6, 6.07) is 5.33. The number of hydrogen-bond donors (Lipinski definition) is 3. The number of benzene rings is 1. The van der Waals surface area contributed by atoms with Gasteiger partial charge in [-0.2, -0.15) is 0 Å². The number of nitrogens with one attached hydrogen (secondary N) is 2. The molecule has 130 valence electrons. The molecule has 0 unspecified atom stereocenters.